The van der Waals surface area contributed by atoms with Crippen LogP contribution in [0.1, 0.15) is 22.3 Å². The maximum absolute atomic E-state index is 6.81. The summed E-state index contributed by atoms with van der Waals surface area (Å²) >= 11 is 0. The summed E-state index contributed by atoms with van der Waals surface area (Å²) in [6.45, 7) is 0. The lowest BCUT2D eigenvalue weighted by molar-refractivity contribution is 0.435. The van der Waals surface area contributed by atoms with Crippen molar-refractivity contribution in [2.45, 2.75) is 5.41 Å². The van der Waals surface area contributed by atoms with Gasteiger partial charge in [-0.2, -0.15) is 0 Å². The Bertz CT molecular complexity index is 4170. The van der Waals surface area contributed by atoms with Gasteiger partial charge in [-0.15, -0.1) is 0 Å². The van der Waals surface area contributed by atoms with Gasteiger partial charge >= 0.3 is 0 Å². The Kier molecular flexibility index (Phi) is 7.40. The molecule has 1 aliphatic heterocycles. The molecule has 13 aromatic rings. The van der Waals surface area contributed by atoms with Crippen molar-refractivity contribution < 1.29 is 9.15 Å². The largest absolute Gasteiger partial charge is 0.457 e. The highest BCUT2D eigenvalue weighted by Crippen LogP contribution is 2.62. The standard InChI is InChI=1S/C63H38N2O2/c1-2-18-44-39(14-1)15-13-26-55(44)65-56-25-7-3-19-46(56)47-34-31-43(38-57(47)65)64(41-32-35-59-50(36-41)48-20-4-8-27-58(48)66-59)42-30-33-45-49-21-11-16-40-17-12-24-53(62(40)49)63(54(45)37-42)51-22-5-9-28-60(51)67-61-29-10-6-23-52(61)63/h1-38H. The molecule has 0 amide bonds. The van der Waals surface area contributed by atoms with Crippen LogP contribution in [0.15, 0.2) is 235 Å². The molecule has 1 aliphatic carbocycles. The molecule has 0 fully saturated rings. The fourth-order valence-corrected chi connectivity index (χ4v) is 11.9. The zero-order chi connectivity index (χ0) is 43.8. The number of anilines is 3. The van der Waals surface area contributed by atoms with E-state index in [0.29, 0.717) is 0 Å². The molecule has 0 saturated carbocycles. The molecule has 0 saturated heterocycles. The fourth-order valence-electron chi connectivity index (χ4n) is 11.9. The quantitative estimate of drug-likeness (QED) is 0.177. The molecule has 0 unspecified atom stereocenters. The van der Waals surface area contributed by atoms with Crippen molar-refractivity contribution in [2.75, 3.05) is 4.90 Å². The van der Waals surface area contributed by atoms with Crippen LogP contribution in [-0.2, 0) is 5.41 Å². The van der Waals surface area contributed by atoms with E-state index in [9.17, 15) is 0 Å². The van der Waals surface area contributed by atoms with Crippen LogP contribution in [0, 0.1) is 0 Å². The third-order valence-corrected chi connectivity index (χ3v) is 14.6. The normalized spacial score (nSPS) is 13.3. The molecule has 11 aromatic carbocycles. The van der Waals surface area contributed by atoms with Crippen molar-refractivity contribution in [1.29, 1.82) is 0 Å². The number of benzene rings is 11. The van der Waals surface area contributed by atoms with Gasteiger partial charge in [0.05, 0.1) is 22.1 Å². The van der Waals surface area contributed by atoms with Crippen LogP contribution >= 0.6 is 0 Å². The molecule has 4 heteroatoms. The lowest BCUT2D eigenvalue weighted by Crippen LogP contribution is -2.36. The zero-order valence-electron chi connectivity index (χ0n) is 36.2. The van der Waals surface area contributed by atoms with E-state index in [1.54, 1.807) is 0 Å². The number of para-hydroxylation sites is 4. The third-order valence-electron chi connectivity index (χ3n) is 14.6. The van der Waals surface area contributed by atoms with Gasteiger partial charge in [-0.1, -0.05) is 158 Å². The van der Waals surface area contributed by atoms with Crippen LogP contribution in [0.3, 0.4) is 0 Å². The Morgan fingerprint density at radius 3 is 1.82 bits per heavy atom. The lowest BCUT2D eigenvalue weighted by atomic mass is 9.58. The number of hydrogen-bond donors (Lipinski definition) is 0. The van der Waals surface area contributed by atoms with Crippen molar-refractivity contribution in [3.8, 4) is 28.3 Å². The van der Waals surface area contributed by atoms with Gasteiger partial charge in [0, 0.05) is 55.1 Å². The summed E-state index contributed by atoms with van der Waals surface area (Å²) < 4.78 is 15.7. The highest BCUT2D eigenvalue weighted by Gasteiger charge is 2.49. The first-order chi connectivity index (χ1) is 33.2. The molecule has 312 valence electrons. The highest BCUT2D eigenvalue weighted by atomic mass is 16.5. The minimum atomic E-state index is -0.689. The van der Waals surface area contributed by atoms with Gasteiger partial charge in [0.25, 0.3) is 0 Å². The molecular weight excluding hydrogens is 817 g/mol. The van der Waals surface area contributed by atoms with Crippen LogP contribution in [0.25, 0.3) is 82.1 Å². The molecule has 15 rings (SSSR count). The summed E-state index contributed by atoms with van der Waals surface area (Å²) in [6.07, 6.45) is 0. The average molecular weight is 855 g/mol. The first-order valence-corrected chi connectivity index (χ1v) is 23.0. The van der Waals surface area contributed by atoms with Crippen LogP contribution < -0.4 is 9.64 Å². The van der Waals surface area contributed by atoms with E-state index in [4.69, 9.17) is 9.15 Å². The van der Waals surface area contributed by atoms with Crippen LogP contribution in [0.4, 0.5) is 17.1 Å². The minimum Gasteiger partial charge on any atom is -0.457 e. The average Bonchev–Trinajstić information content (AvgIpc) is 3.92. The fraction of sp³-hybridized carbons (Fsp3) is 0.0159. The van der Waals surface area contributed by atoms with E-state index in [1.807, 2.05) is 6.07 Å². The van der Waals surface area contributed by atoms with Gasteiger partial charge in [-0.3, -0.25) is 0 Å². The van der Waals surface area contributed by atoms with E-state index in [0.717, 1.165) is 72.8 Å². The van der Waals surface area contributed by atoms with Gasteiger partial charge in [-0.25, -0.2) is 0 Å². The van der Waals surface area contributed by atoms with Gasteiger partial charge in [0.1, 0.15) is 22.7 Å². The molecule has 0 N–H and O–H groups in total. The van der Waals surface area contributed by atoms with Crippen LogP contribution in [0.2, 0.25) is 0 Å². The summed E-state index contributed by atoms with van der Waals surface area (Å²) in [7, 11) is 0. The first kappa shape index (κ1) is 36.5. The smallest absolute Gasteiger partial charge is 0.135 e. The predicted octanol–water partition coefficient (Wildman–Crippen LogP) is 16.9. The van der Waals surface area contributed by atoms with Gasteiger partial charge in [0.15, 0.2) is 0 Å². The highest BCUT2D eigenvalue weighted by molar-refractivity contribution is 6.13. The van der Waals surface area contributed by atoms with Crippen molar-refractivity contribution >= 4 is 82.4 Å². The molecule has 3 heterocycles. The number of nitrogens with zero attached hydrogens (tertiary/aromatic N) is 2. The van der Waals surface area contributed by atoms with Gasteiger partial charge < -0.3 is 18.6 Å². The number of fused-ring (bicyclic) bond motifs is 15. The van der Waals surface area contributed by atoms with E-state index < -0.39 is 5.41 Å². The topological polar surface area (TPSA) is 30.5 Å². The molecule has 2 aromatic heterocycles. The Morgan fingerprint density at radius 2 is 0.955 bits per heavy atom. The Labute approximate surface area is 385 Å². The molecule has 0 atom stereocenters. The maximum atomic E-state index is 6.81. The zero-order valence-corrected chi connectivity index (χ0v) is 36.2. The monoisotopic (exact) mass is 854 g/mol. The van der Waals surface area contributed by atoms with E-state index in [2.05, 4.69) is 234 Å². The Hall–Kier alpha value is -8.86. The second-order valence-electron chi connectivity index (χ2n) is 17.9. The Morgan fingerprint density at radius 1 is 0.358 bits per heavy atom. The van der Waals surface area contributed by atoms with Crippen molar-refractivity contribution in [1.82, 2.24) is 4.57 Å². The second kappa shape index (κ2) is 13.6. The van der Waals surface area contributed by atoms with Crippen molar-refractivity contribution in [3.63, 3.8) is 0 Å². The summed E-state index contributed by atoms with van der Waals surface area (Å²) in [5, 5.41) is 9.51. The summed E-state index contributed by atoms with van der Waals surface area (Å²) in [5.74, 6) is 1.74. The molecule has 0 radical (unpaired) electrons. The first-order valence-electron chi connectivity index (χ1n) is 23.0. The third kappa shape index (κ3) is 4.96. The van der Waals surface area contributed by atoms with E-state index >= 15 is 0 Å². The van der Waals surface area contributed by atoms with Crippen molar-refractivity contribution in [3.05, 3.63) is 253 Å². The molecule has 67 heavy (non-hydrogen) atoms. The molecular formula is C63H38N2O2. The lowest BCUT2D eigenvalue weighted by Gasteiger charge is -2.45. The van der Waals surface area contributed by atoms with Crippen LogP contribution in [0.5, 0.6) is 11.5 Å². The Balaban J connectivity index is 1.05. The maximum Gasteiger partial charge on any atom is 0.135 e. The second-order valence-corrected chi connectivity index (χ2v) is 17.9. The minimum absolute atomic E-state index is 0.689. The summed E-state index contributed by atoms with van der Waals surface area (Å²) in [5.41, 5.74) is 14.8. The molecule has 0 bridgehead atoms. The van der Waals surface area contributed by atoms with Gasteiger partial charge in [-0.05, 0) is 111 Å². The molecule has 4 nitrogen and oxygen atoms in total. The molecule has 1 spiro atoms. The van der Waals surface area contributed by atoms with Crippen LogP contribution in [-0.4, -0.2) is 4.57 Å². The molecule has 2 aliphatic rings. The summed E-state index contributed by atoms with van der Waals surface area (Å²) in [6, 6.07) is 84.0. The van der Waals surface area contributed by atoms with Gasteiger partial charge in [0.2, 0.25) is 0 Å². The summed E-state index contributed by atoms with van der Waals surface area (Å²) in [4.78, 5) is 2.44. The number of aromatic nitrogens is 1. The number of rotatable bonds is 4. The SMILES string of the molecule is c1ccc2c(c1)Oc1ccccc1C21c2cc(N(c3ccc4oc5ccccc5c4c3)c3ccc4c5ccccc5n(-c5cccc6ccccc56)c4c3)ccc2-c2cccc3cccc1c23. The van der Waals surface area contributed by atoms with Crippen molar-refractivity contribution in [2.24, 2.45) is 0 Å². The van der Waals surface area contributed by atoms with E-state index in [1.165, 1.54) is 60.1 Å². The predicted molar refractivity (Wildman–Crippen MR) is 275 cm³/mol. The number of ether oxygens (including phenoxy) is 1. The van der Waals surface area contributed by atoms with E-state index in [-0.39, 0.29) is 0 Å². The number of furan rings is 1. The number of hydrogen-bond acceptors (Lipinski definition) is 3.